The van der Waals surface area contributed by atoms with Gasteiger partial charge >= 0.3 is 0 Å². The SMILES string of the molecule is COc1cnccc1C(Cc1ccsc1)NN. The molecule has 4 nitrogen and oxygen atoms in total. The average Bonchev–Trinajstić information content (AvgIpc) is 2.89. The Morgan fingerprint density at radius 1 is 1.53 bits per heavy atom. The van der Waals surface area contributed by atoms with E-state index in [4.69, 9.17) is 10.6 Å². The summed E-state index contributed by atoms with van der Waals surface area (Å²) in [5.41, 5.74) is 5.11. The van der Waals surface area contributed by atoms with Crippen LogP contribution in [0.15, 0.2) is 35.3 Å². The van der Waals surface area contributed by atoms with Gasteiger partial charge in [-0.2, -0.15) is 11.3 Å². The molecular formula is C12H15N3OS. The molecule has 0 radical (unpaired) electrons. The summed E-state index contributed by atoms with van der Waals surface area (Å²) in [5, 5.41) is 4.19. The molecule has 5 heteroatoms. The molecule has 2 heterocycles. The molecule has 0 spiro atoms. The number of nitrogens with zero attached hydrogens (tertiary/aromatic N) is 1. The number of nitrogens with two attached hydrogens (primary N) is 1. The number of pyridine rings is 1. The fourth-order valence-corrected chi connectivity index (χ4v) is 2.43. The predicted octanol–water partition coefficient (Wildman–Crippen LogP) is 1.90. The van der Waals surface area contributed by atoms with Gasteiger partial charge in [0.15, 0.2) is 0 Å². The van der Waals surface area contributed by atoms with Gasteiger partial charge in [-0.15, -0.1) is 0 Å². The van der Waals surface area contributed by atoms with Crippen LogP contribution in [-0.2, 0) is 6.42 Å². The minimum atomic E-state index is 0.0301. The summed E-state index contributed by atoms with van der Waals surface area (Å²) in [7, 11) is 1.64. The van der Waals surface area contributed by atoms with Crippen molar-refractivity contribution in [2.45, 2.75) is 12.5 Å². The number of hydrazine groups is 1. The quantitative estimate of drug-likeness (QED) is 0.627. The zero-order chi connectivity index (χ0) is 12.1. The zero-order valence-electron chi connectivity index (χ0n) is 9.59. The van der Waals surface area contributed by atoms with Gasteiger partial charge < -0.3 is 4.74 Å². The van der Waals surface area contributed by atoms with Crippen molar-refractivity contribution in [3.63, 3.8) is 0 Å². The number of nitrogens with one attached hydrogen (secondary N) is 1. The molecule has 2 aromatic rings. The van der Waals surface area contributed by atoms with E-state index in [0.29, 0.717) is 0 Å². The summed E-state index contributed by atoms with van der Waals surface area (Å²) in [6.45, 7) is 0. The van der Waals surface area contributed by atoms with Crippen molar-refractivity contribution in [3.05, 3.63) is 46.4 Å². The van der Waals surface area contributed by atoms with Crippen molar-refractivity contribution in [3.8, 4) is 5.75 Å². The third kappa shape index (κ3) is 2.82. The van der Waals surface area contributed by atoms with E-state index >= 15 is 0 Å². The molecule has 0 saturated carbocycles. The Morgan fingerprint density at radius 2 is 2.41 bits per heavy atom. The lowest BCUT2D eigenvalue weighted by Gasteiger charge is -2.18. The molecule has 0 aliphatic rings. The van der Waals surface area contributed by atoms with E-state index in [-0.39, 0.29) is 6.04 Å². The minimum Gasteiger partial charge on any atom is -0.495 e. The number of rotatable bonds is 5. The lowest BCUT2D eigenvalue weighted by atomic mass is 10.0. The summed E-state index contributed by atoms with van der Waals surface area (Å²) in [4.78, 5) is 4.04. The monoisotopic (exact) mass is 249 g/mol. The predicted molar refractivity (Wildman–Crippen MR) is 68.9 cm³/mol. The van der Waals surface area contributed by atoms with Gasteiger partial charge in [-0.25, -0.2) is 0 Å². The van der Waals surface area contributed by atoms with Gasteiger partial charge in [0.05, 0.1) is 19.3 Å². The first-order chi connectivity index (χ1) is 8.35. The number of hydrogen-bond acceptors (Lipinski definition) is 5. The first-order valence-electron chi connectivity index (χ1n) is 5.30. The van der Waals surface area contributed by atoms with E-state index < -0.39 is 0 Å². The molecule has 17 heavy (non-hydrogen) atoms. The van der Waals surface area contributed by atoms with E-state index in [0.717, 1.165) is 17.7 Å². The van der Waals surface area contributed by atoms with Crippen LogP contribution in [0.25, 0.3) is 0 Å². The molecule has 3 N–H and O–H groups in total. The van der Waals surface area contributed by atoms with E-state index in [1.807, 2.05) is 6.07 Å². The van der Waals surface area contributed by atoms with Crippen molar-refractivity contribution in [1.29, 1.82) is 0 Å². The van der Waals surface area contributed by atoms with Crippen molar-refractivity contribution >= 4 is 11.3 Å². The summed E-state index contributed by atoms with van der Waals surface area (Å²) >= 11 is 1.69. The topological polar surface area (TPSA) is 60.2 Å². The second-order valence-corrected chi connectivity index (χ2v) is 4.45. The van der Waals surface area contributed by atoms with E-state index in [1.54, 1.807) is 30.8 Å². The van der Waals surface area contributed by atoms with Gasteiger partial charge in [0.2, 0.25) is 0 Å². The maximum Gasteiger partial charge on any atom is 0.141 e. The first kappa shape index (κ1) is 12.0. The zero-order valence-corrected chi connectivity index (χ0v) is 10.4. The second-order valence-electron chi connectivity index (χ2n) is 3.67. The fourth-order valence-electron chi connectivity index (χ4n) is 1.75. The number of methoxy groups -OCH3 is 1. The van der Waals surface area contributed by atoms with Crippen LogP contribution in [0.1, 0.15) is 17.2 Å². The van der Waals surface area contributed by atoms with Crippen LogP contribution >= 0.6 is 11.3 Å². The van der Waals surface area contributed by atoms with Crippen LogP contribution in [0, 0.1) is 0 Å². The lowest BCUT2D eigenvalue weighted by molar-refractivity contribution is 0.397. The molecule has 0 aliphatic carbocycles. The summed E-state index contributed by atoms with van der Waals surface area (Å²) < 4.78 is 5.29. The number of ether oxygens (including phenoxy) is 1. The normalized spacial score (nSPS) is 12.4. The van der Waals surface area contributed by atoms with Crippen molar-refractivity contribution in [2.75, 3.05) is 7.11 Å². The Bertz CT molecular complexity index is 459. The Morgan fingerprint density at radius 3 is 3.06 bits per heavy atom. The van der Waals surface area contributed by atoms with Gasteiger partial charge in [-0.1, -0.05) is 0 Å². The standard InChI is InChI=1S/C12H15N3OS/c1-16-12-7-14-4-2-10(12)11(15-13)6-9-3-5-17-8-9/h2-5,7-8,11,15H,6,13H2,1H3. The summed E-state index contributed by atoms with van der Waals surface area (Å²) in [5.74, 6) is 6.38. The molecule has 0 aliphatic heterocycles. The van der Waals surface area contributed by atoms with E-state index in [1.165, 1.54) is 5.56 Å². The van der Waals surface area contributed by atoms with Crippen LogP contribution in [-0.4, -0.2) is 12.1 Å². The van der Waals surface area contributed by atoms with Gasteiger partial charge in [0.1, 0.15) is 5.75 Å². The van der Waals surface area contributed by atoms with Crippen LogP contribution in [0.5, 0.6) is 5.75 Å². The van der Waals surface area contributed by atoms with Gasteiger partial charge in [-0.3, -0.25) is 16.3 Å². The highest BCUT2D eigenvalue weighted by Crippen LogP contribution is 2.26. The van der Waals surface area contributed by atoms with E-state index in [2.05, 4.69) is 27.2 Å². The molecule has 0 aromatic carbocycles. The minimum absolute atomic E-state index is 0.0301. The smallest absolute Gasteiger partial charge is 0.141 e. The Hall–Kier alpha value is -1.43. The third-order valence-corrected chi connectivity index (χ3v) is 3.36. The maximum atomic E-state index is 5.62. The van der Waals surface area contributed by atoms with Gasteiger partial charge in [0.25, 0.3) is 0 Å². The maximum absolute atomic E-state index is 5.62. The van der Waals surface area contributed by atoms with Crippen LogP contribution < -0.4 is 16.0 Å². The fraction of sp³-hybridized carbons (Fsp3) is 0.250. The largest absolute Gasteiger partial charge is 0.495 e. The molecule has 2 rings (SSSR count). The highest BCUT2D eigenvalue weighted by molar-refractivity contribution is 7.07. The Balaban J connectivity index is 2.22. The molecule has 1 unspecified atom stereocenters. The van der Waals surface area contributed by atoms with Crippen molar-refractivity contribution in [2.24, 2.45) is 5.84 Å². The Labute approximate surface area is 104 Å². The van der Waals surface area contributed by atoms with Crippen LogP contribution in [0.3, 0.4) is 0 Å². The Kier molecular flexibility index (Phi) is 4.08. The number of hydrogen-bond donors (Lipinski definition) is 2. The molecule has 1 atom stereocenters. The molecule has 0 saturated heterocycles. The highest BCUT2D eigenvalue weighted by atomic mass is 32.1. The lowest BCUT2D eigenvalue weighted by Crippen LogP contribution is -2.29. The second kappa shape index (κ2) is 5.77. The first-order valence-corrected chi connectivity index (χ1v) is 6.24. The molecule has 0 amide bonds. The molecular weight excluding hydrogens is 234 g/mol. The average molecular weight is 249 g/mol. The van der Waals surface area contributed by atoms with Crippen molar-refractivity contribution in [1.82, 2.24) is 10.4 Å². The third-order valence-electron chi connectivity index (χ3n) is 2.63. The molecule has 0 fully saturated rings. The van der Waals surface area contributed by atoms with Gasteiger partial charge in [-0.05, 0) is 34.9 Å². The number of aromatic nitrogens is 1. The number of thiophene rings is 1. The molecule has 90 valence electrons. The molecule has 0 bridgehead atoms. The summed E-state index contributed by atoms with van der Waals surface area (Å²) in [6.07, 6.45) is 4.28. The van der Waals surface area contributed by atoms with Crippen molar-refractivity contribution < 1.29 is 4.74 Å². The van der Waals surface area contributed by atoms with E-state index in [9.17, 15) is 0 Å². The highest BCUT2D eigenvalue weighted by Gasteiger charge is 2.15. The molecule has 2 aromatic heterocycles. The van der Waals surface area contributed by atoms with Crippen LogP contribution in [0.2, 0.25) is 0 Å². The van der Waals surface area contributed by atoms with Crippen LogP contribution in [0.4, 0.5) is 0 Å². The summed E-state index contributed by atoms with van der Waals surface area (Å²) in [6, 6.07) is 4.06. The van der Waals surface area contributed by atoms with Gasteiger partial charge in [0, 0.05) is 11.8 Å².